The molecule has 0 spiro atoms. The van der Waals surface area contributed by atoms with Crippen molar-refractivity contribution in [3.8, 4) is 22.8 Å². The van der Waals surface area contributed by atoms with Crippen LogP contribution in [0, 0.1) is 6.92 Å². The van der Waals surface area contributed by atoms with Gasteiger partial charge in [-0.1, -0.05) is 25.3 Å². The van der Waals surface area contributed by atoms with Crippen molar-refractivity contribution >= 4 is 24.1 Å². The van der Waals surface area contributed by atoms with Crippen LogP contribution in [0.15, 0.2) is 84.3 Å². The van der Waals surface area contributed by atoms with Gasteiger partial charge in [0, 0.05) is 17.7 Å². The lowest BCUT2D eigenvalue weighted by atomic mass is 10.1. The van der Waals surface area contributed by atoms with Crippen molar-refractivity contribution in [2.24, 2.45) is 0 Å². The lowest BCUT2D eigenvalue weighted by molar-refractivity contribution is -0.129. The van der Waals surface area contributed by atoms with E-state index in [9.17, 15) is 9.59 Å². The Labute approximate surface area is 174 Å². The summed E-state index contributed by atoms with van der Waals surface area (Å²) in [7, 11) is 0. The highest BCUT2D eigenvalue weighted by molar-refractivity contribution is 5.84. The van der Waals surface area contributed by atoms with E-state index < -0.39 is 11.9 Å². The van der Waals surface area contributed by atoms with Crippen LogP contribution >= 0.6 is 0 Å². The number of carbonyl (C=O) groups excluding carboxylic acids is 2. The first-order valence-electron chi connectivity index (χ1n) is 9.16. The van der Waals surface area contributed by atoms with Crippen molar-refractivity contribution in [1.82, 2.24) is 0 Å². The summed E-state index contributed by atoms with van der Waals surface area (Å²) < 4.78 is 16.1. The zero-order valence-corrected chi connectivity index (χ0v) is 16.5. The molecule has 0 aliphatic heterocycles. The van der Waals surface area contributed by atoms with Crippen LogP contribution in [0.4, 0.5) is 0 Å². The largest absolute Gasteiger partial charge is 0.457 e. The van der Waals surface area contributed by atoms with Crippen LogP contribution < -0.4 is 9.47 Å². The van der Waals surface area contributed by atoms with Gasteiger partial charge < -0.3 is 13.9 Å². The Morgan fingerprint density at radius 1 is 0.833 bits per heavy atom. The molecule has 0 aliphatic rings. The van der Waals surface area contributed by atoms with E-state index in [1.54, 1.807) is 24.3 Å². The van der Waals surface area contributed by atoms with Gasteiger partial charge in [-0.3, -0.25) is 0 Å². The highest BCUT2D eigenvalue weighted by Crippen LogP contribution is 2.26. The average molecular weight is 400 g/mol. The van der Waals surface area contributed by atoms with Gasteiger partial charge in [-0.15, -0.1) is 0 Å². The third-order valence-electron chi connectivity index (χ3n) is 4.20. The molecule has 0 atom stereocenters. The number of aryl methyl sites for hydroxylation is 1. The standard InChI is InChI=1S/C25H20O5/c1-4-24(26)29-21-11-8-19(9-12-21)23-15-14-20(28-23)10-6-18-7-13-22(16-17(18)3)30-25(27)5-2/h4-16H,1-2H2,3H3. The second-order valence-electron chi connectivity index (χ2n) is 6.33. The summed E-state index contributed by atoms with van der Waals surface area (Å²) >= 11 is 0. The minimum atomic E-state index is -0.504. The number of rotatable bonds is 7. The summed E-state index contributed by atoms with van der Waals surface area (Å²) in [6.45, 7) is 8.68. The average Bonchev–Trinajstić information content (AvgIpc) is 3.22. The van der Waals surface area contributed by atoms with Crippen LogP contribution in [-0.4, -0.2) is 11.9 Å². The molecule has 150 valence electrons. The molecule has 5 nitrogen and oxygen atoms in total. The molecule has 0 fully saturated rings. The number of esters is 2. The maximum absolute atomic E-state index is 11.3. The molecule has 3 rings (SSSR count). The number of hydrogen-bond acceptors (Lipinski definition) is 5. The highest BCUT2D eigenvalue weighted by Gasteiger charge is 2.06. The molecule has 2 aromatic carbocycles. The van der Waals surface area contributed by atoms with Crippen LogP contribution in [0.1, 0.15) is 16.9 Å². The normalized spacial score (nSPS) is 10.6. The predicted octanol–water partition coefficient (Wildman–Crippen LogP) is 5.61. The Hall–Kier alpha value is -4.12. The van der Waals surface area contributed by atoms with Gasteiger partial charge in [-0.2, -0.15) is 0 Å². The summed E-state index contributed by atoms with van der Waals surface area (Å²) in [6.07, 6.45) is 6.03. The molecule has 1 heterocycles. The van der Waals surface area contributed by atoms with Crippen molar-refractivity contribution in [3.63, 3.8) is 0 Å². The van der Waals surface area contributed by atoms with E-state index in [1.165, 1.54) is 0 Å². The molecular formula is C25H20O5. The van der Waals surface area contributed by atoms with Crippen LogP contribution in [-0.2, 0) is 9.59 Å². The van der Waals surface area contributed by atoms with Gasteiger partial charge in [0.25, 0.3) is 0 Å². The lowest BCUT2D eigenvalue weighted by Crippen LogP contribution is -2.03. The summed E-state index contributed by atoms with van der Waals surface area (Å²) in [5, 5.41) is 0. The molecule has 0 unspecified atom stereocenters. The molecule has 0 amide bonds. The molecule has 1 aromatic heterocycles. The van der Waals surface area contributed by atoms with E-state index in [1.807, 2.05) is 49.4 Å². The Kier molecular flexibility index (Phi) is 6.45. The third-order valence-corrected chi connectivity index (χ3v) is 4.20. The molecule has 3 aromatic rings. The summed E-state index contributed by atoms with van der Waals surface area (Å²) in [5.41, 5.74) is 2.79. The first-order chi connectivity index (χ1) is 14.5. The van der Waals surface area contributed by atoms with Crippen LogP contribution in [0.25, 0.3) is 23.5 Å². The fourth-order valence-electron chi connectivity index (χ4n) is 2.67. The molecular weight excluding hydrogens is 380 g/mol. The van der Waals surface area contributed by atoms with E-state index in [4.69, 9.17) is 13.9 Å². The Balaban J connectivity index is 1.70. The Bertz CT molecular complexity index is 1120. The molecule has 5 heteroatoms. The van der Waals surface area contributed by atoms with E-state index >= 15 is 0 Å². The van der Waals surface area contributed by atoms with E-state index in [0.29, 0.717) is 23.0 Å². The topological polar surface area (TPSA) is 65.7 Å². The van der Waals surface area contributed by atoms with Gasteiger partial charge >= 0.3 is 11.9 Å². The van der Waals surface area contributed by atoms with Crippen LogP contribution in [0.5, 0.6) is 11.5 Å². The SMILES string of the molecule is C=CC(=O)Oc1ccc(-c2ccc(C=Cc3ccc(OC(=O)C=C)cc3C)o2)cc1. The number of furan rings is 1. The van der Waals surface area contributed by atoms with E-state index in [-0.39, 0.29) is 0 Å². The Morgan fingerprint density at radius 3 is 2.10 bits per heavy atom. The minimum Gasteiger partial charge on any atom is -0.457 e. The second-order valence-corrected chi connectivity index (χ2v) is 6.33. The van der Waals surface area contributed by atoms with Gasteiger partial charge in [0.1, 0.15) is 23.0 Å². The minimum absolute atomic E-state index is 0.438. The van der Waals surface area contributed by atoms with E-state index in [2.05, 4.69) is 13.2 Å². The van der Waals surface area contributed by atoms with Crippen molar-refractivity contribution < 1.29 is 23.5 Å². The molecule has 0 saturated carbocycles. The summed E-state index contributed by atoms with van der Waals surface area (Å²) in [4.78, 5) is 22.5. The molecule has 0 N–H and O–H groups in total. The highest BCUT2D eigenvalue weighted by atomic mass is 16.5. The van der Waals surface area contributed by atoms with E-state index in [0.717, 1.165) is 28.8 Å². The summed E-state index contributed by atoms with van der Waals surface area (Å²) in [5.74, 6) is 1.29. The first-order valence-corrected chi connectivity index (χ1v) is 9.16. The molecule has 0 bridgehead atoms. The van der Waals surface area contributed by atoms with Crippen LogP contribution in [0.2, 0.25) is 0 Å². The predicted molar refractivity (Wildman–Crippen MR) is 116 cm³/mol. The molecule has 0 saturated heterocycles. The fraction of sp³-hybridized carbons (Fsp3) is 0.0400. The lowest BCUT2D eigenvalue weighted by Gasteiger charge is -2.05. The van der Waals surface area contributed by atoms with Gasteiger partial charge in [-0.05, 0) is 72.7 Å². The van der Waals surface area contributed by atoms with Gasteiger partial charge in [0.05, 0.1) is 0 Å². The monoisotopic (exact) mass is 400 g/mol. The number of hydrogen-bond donors (Lipinski definition) is 0. The molecule has 0 aliphatic carbocycles. The van der Waals surface area contributed by atoms with Gasteiger partial charge in [0.2, 0.25) is 0 Å². The zero-order chi connectivity index (χ0) is 21.5. The van der Waals surface area contributed by atoms with Crippen molar-refractivity contribution in [2.45, 2.75) is 6.92 Å². The molecule has 30 heavy (non-hydrogen) atoms. The first kappa shape index (κ1) is 20.6. The molecule has 0 radical (unpaired) electrons. The maximum Gasteiger partial charge on any atom is 0.335 e. The number of carbonyl (C=O) groups is 2. The second kappa shape index (κ2) is 9.39. The number of ether oxygens (including phenoxy) is 2. The third kappa shape index (κ3) is 5.23. The van der Waals surface area contributed by atoms with Crippen molar-refractivity contribution in [3.05, 3.63) is 96.8 Å². The number of benzene rings is 2. The quantitative estimate of drug-likeness (QED) is 0.293. The van der Waals surface area contributed by atoms with Gasteiger partial charge in [0.15, 0.2) is 0 Å². The van der Waals surface area contributed by atoms with Crippen LogP contribution in [0.3, 0.4) is 0 Å². The zero-order valence-electron chi connectivity index (χ0n) is 16.5. The maximum atomic E-state index is 11.3. The summed E-state index contributed by atoms with van der Waals surface area (Å²) in [6, 6.07) is 16.1. The van der Waals surface area contributed by atoms with Crippen molar-refractivity contribution in [2.75, 3.05) is 0 Å². The smallest absolute Gasteiger partial charge is 0.335 e. The Morgan fingerprint density at radius 2 is 1.47 bits per heavy atom. The van der Waals surface area contributed by atoms with Crippen molar-refractivity contribution in [1.29, 1.82) is 0 Å². The fourth-order valence-corrected chi connectivity index (χ4v) is 2.67. The van der Waals surface area contributed by atoms with Gasteiger partial charge in [-0.25, -0.2) is 9.59 Å².